The highest BCUT2D eigenvalue weighted by Gasteiger charge is 2.22. The predicted molar refractivity (Wildman–Crippen MR) is 67.1 cm³/mol. The summed E-state index contributed by atoms with van der Waals surface area (Å²) in [6.07, 6.45) is 0.931. The Morgan fingerprint density at radius 2 is 2.22 bits per heavy atom. The lowest BCUT2D eigenvalue weighted by Gasteiger charge is -2.21. The standard InChI is InChI=1S/C13H16N2O3/c1-9(13(17)18)8-10-4-2-3-5-11(10)15-7-6-12(16)14-15/h2-5,9H,6-8H2,1H3,(H,14,16)(H,17,18). The van der Waals surface area contributed by atoms with E-state index in [1.54, 1.807) is 11.9 Å². The summed E-state index contributed by atoms with van der Waals surface area (Å²) < 4.78 is 0. The van der Waals surface area contributed by atoms with Crippen LogP contribution in [0.5, 0.6) is 0 Å². The Morgan fingerprint density at radius 1 is 1.50 bits per heavy atom. The maximum absolute atomic E-state index is 11.2. The van der Waals surface area contributed by atoms with Crippen molar-refractivity contribution in [3.63, 3.8) is 0 Å². The molecule has 0 spiro atoms. The van der Waals surface area contributed by atoms with E-state index in [0.717, 1.165) is 11.3 Å². The average molecular weight is 248 g/mol. The normalized spacial score (nSPS) is 16.5. The summed E-state index contributed by atoms with van der Waals surface area (Å²) in [5, 5.41) is 10.7. The first kappa shape index (κ1) is 12.4. The first-order valence-corrected chi connectivity index (χ1v) is 5.95. The first-order valence-electron chi connectivity index (χ1n) is 5.95. The second-order valence-electron chi connectivity index (χ2n) is 4.51. The number of nitrogens with zero attached hydrogens (tertiary/aromatic N) is 1. The van der Waals surface area contributed by atoms with Crippen molar-refractivity contribution in [1.82, 2.24) is 5.43 Å². The fourth-order valence-corrected chi connectivity index (χ4v) is 2.02. The van der Waals surface area contributed by atoms with E-state index in [1.807, 2.05) is 24.3 Å². The number of hydrazine groups is 1. The third-order valence-electron chi connectivity index (χ3n) is 3.05. The molecule has 2 rings (SSSR count). The summed E-state index contributed by atoms with van der Waals surface area (Å²) >= 11 is 0. The van der Waals surface area contributed by atoms with E-state index < -0.39 is 11.9 Å². The third kappa shape index (κ3) is 2.61. The summed E-state index contributed by atoms with van der Waals surface area (Å²) in [5.74, 6) is -1.25. The van der Waals surface area contributed by atoms with Gasteiger partial charge in [0.15, 0.2) is 0 Å². The highest BCUT2D eigenvalue weighted by Crippen LogP contribution is 2.24. The van der Waals surface area contributed by atoms with Gasteiger partial charge in [-0.25, -0.2) is 0 Å². The van der Waals surface area contributed by atoms with E-state index in [1.165, 1.54) is 0 Å². The molecule has 1 aliphatic rings. The van der Waals surface area contributed by atoms with Crippen molar-refractivity contribution in [1.29, 1.82) is 0 Å². The van der Waals surface area contributed by atoms with E-state index >= 15 is 0 Å². The van der Waals surface area contributed by atoms with Gasteiger partial charge in [-0.1, -0.05) is 25.1 Å². The van der Waals surface area contributed by atoms with Crippen LogP contribution in [0, 0.1) is 5.92 Å². The number of rotatable bonds is 4. The number of hydrogen-bond donors (Lipinski definition) is 2. The molecule has 1 atom stereocenters. The number of carboxylic acid groups (broad SMARTS) is 1. The van der Waals surface area contributed by atoms with Crippen LogP contribution >= 0.6 is 0 Å². The Balaban J connectivity index is 2.20. The summed E-state index contributed by atoms with van der Waals surface area (Å²) in [7, 11) is 0. The van der Waals surface area contributed by atoms with Gasteiger partial charge in [-0.2, -0.15) is 0 Å². The van der Waals surface area contributed by atoms with Crippen molar-refractivity contribution >= 4 is 17.6 Å². The zero-order chi connectivity index (χ0) is 13.1. The van der Waals surface area contributed by atoms with Gasteiger partial charge in [0.2, 0.25) is 5.91 Å². The molecule has 5 heteroatoms. The van der Waals surface area contributed by atoms with Gasteiger partial charge >= 0.3 is 5.97 Å². The molecule has 1 heterocycles. The van der Waals surface area contributed by atoms with Crippen molar-refractivity contribution in [2.45, 2.75) is 19.8 Å². The zero-order valence-electron chi connectivity index (χ0n) is 10.2. The lowest BCUT2D eigenvalue weighted by molar-refractivity contribution is -0.141. The summed E-state index contributed by atoms with van der Waals surface area (Å²) in [6.45, 7) is 2.30. The first-order chi connectivity index (χ1) is 8.58. The summed E-state index contributed by atoms with van der Waals surface area (Å²) in [5.41, 5.74) is 4.59. The summed E-state index contributed by atoms with van der Waals surface area (Å²) in [6, 6.07) is 7.56. The molecule has 1 aromatic rings. The molecule has 18 heavy (non-hydrogen) atoms. The zero-order valence-corrected chi connectivity index (χ0v) is 10.2. The molecule has 1 amide bonds. The highest BCUT2D eigenvalue weighted by atomic mass is 16.4. The fraction of sp³-hybridized carbons (Fsp3) is 0.385. The van der Waals surface area contributed by atoms with Crippen molar-refractivity contribution in [2.24, 2.45) is 5.92 Å². The Labute approximate surface area is 105 Å². The summed E-state index contributed by atoms with van der Waals surface area (Å²) in [4.78, 5) is 22.1. The number of carbonyl (C=O) groups is 2. The average Bonchev–Trinajstić information content (AvgIpc) is 2.76. The number of aliphatic carboxylic acids is 1. The molecule has 0 radical (unpaired) electrons. The highest BCUT2D eigenvalue weighted by molar-refractivity contribution is 5.82. The quantitative estimate of drug-likeness (QED) is 0.839. The largest absolute Gasteiger partial charge is 0.481 e. The number of anilines is 1. The molecule has 1 aliphatic heterocycles. The van der Waals surface area contributed by atoms with Gasteiger partial charge in [0, 0.05) is 13.0 Å². The lowest BCUT2D eigenvalue weighted by Crippen LogP contribution is -2.33. The second-order valence-corrected chi connectivity index (χ2v) is 4.51. The Bertz CT molecular complexity index is 473. The molecular formula is C13H16N2O3. The van der Waals surface area contributed by atoms with E-state index in [0.29, 0.717) is 19.4 Å². The van der Waals surface area contributed by atoms with Gasteiger partial charge in [0.1, 0.15) is 0 Å². The van der Waals surface area contributed by atoms with E-state index in [-0.39, 0.29) is 5.91 Å². The van der Waals surface area contributed by atoms with Crippen molar-refractivity contribution < 1.29 is 14.7 Å². The molecule has 0 aromatic heterocycles. The molecule has 96 valence electrons. The monoisotopic (exact) mass is 248 g/mol. The fourth-order valence-electron chi connectivity index (χ4n) is 2.02. The van der Waals surface area contributed by atoms with E-state index in [9.17, 15) is 9.59 Å². The molecular weight excluding hydrogens is 232 g/mol. The molecule has 0 bridgehead atoms. The SMILES string of the molecule is CC(Cc1ccccc1N1CCC(=O)N1)C(=O)O. The molecule has 0 saturated carbocycles. The van der Waals surface area contributed by atoms with Gasteiger partial charge in [-0.15, -0.1) is 0 Å². The molecule has 2 N–H and O–H groups in total. The van der Waals surface area contributed by atoms with Gasteiger partial charge in [-0.3, -0.25) is 20.0 Å². The number of para-hydroxylation sites is 1. The Kier molecular flexibility index (Phi) is 3.50. The predicted octanol–water partition coefficient (Wildman–Crippen LogP) is 1.19. The Hall–Kier alpha value is -2.04. The number of carbonyl (C=O) groups excluding carboxylic acids is 1. The lowest BCUT2D eigenvalue weighted by atomic mass is 9.99. The van der Waals surface area contributed by atoms with Crippen molar-refractivity contribution in [3.05, 3.63) is 29.8 Å². The number of hydrogen-bond acceptors (Lipinski definition) is 3. The van der Waals surface area contributed by atoms with Gasteiger partial charge < -0.3 is 5.11 Å². The number of nitrogens with one attached hydrogen (secondary N) is 1. The van der Waals surface area contributed by atoms with Gasteiger partial charge in [0.05, 0.1) is 11.6 Å². The van der Waals surface area contributed by atoms with E-state index in [2.05, 4.69) is 5.43 Å². The molecule has 1 saturated heterocycles. The molecule has 1 fully saturated rings. The van der Waals surface area contributed by atoms with Crippen molar-refractivity contribution in [2.75, 3.05) is 11.6 Å². The number of carboxylic acids is 1. The van der Waals surface area contributed by atoms with Crippen LogP contribution in [0.2, 0.25) is 0 Å². The number of amides is 1. The topological polar surface area (TPSA) is 69.6 Å². The third-order valence-corrected chi connectivity index (χ3v) is 3.05. The van der Waals surface area contributed by atoms with Crippen LogP contribution in [0.3, 0.4) is 0 Å². The Morgan fingerprint density at radius 3 is 2.83 bits per heavy atom. The maximum atomic E-state index is 11.2. The van der Waals surface area contributed by atoms with Crippen LogP contribution in [0.15, 0.2) is 24.3 Å². The van der Waals surface area contributed by atoms with Gasteiger partial charge in [-0.05, 0) is 18.1 Å². The smallest absolute Gasteiger partial charge is 0.306 e. The number of benzene rings is 1. The van der Waals surface area contributed by atoms with E-state index in [4.69, 9.17) is 5.11 Å². The van der Waals surface area contributed by atoms with Crippen LogP contribution < -0.4 is 10.4 Å². The van der Waals surface area contributed by atoms with Crippen molar-refractivity contribution in [3.8, 4) is 0 Å². The minimum absolute atomic E-state index is 0.00362. The minimum atomic E-state index is -0.810. The van der Waals surface area contributed by atoms with Crippen LogP contribution in [0.1, 0.15) is 18.9 Å². The van der Waals surface area contributed by atoms with Crippen LogP contribution in [0.4, 0.5) is 5.69 Å². The van der Waals surface area contributed by atoms with Crippen LogP contribution in [0.25, 0.3) is 0 Å². The minimum Gasteiger partial charge on any atom is -0.481 e. The maximum Gasteiger partial charge on any atom is 0.306 e. The second kappa shape index (κ2) is 5.08. The van der Waals surface area contributed by atoms with Crippen LogP contribution in [-0.4, -0.2) is 23.5 Å². The molecule has 0 aliphatic carbocycles. The van der Waals surface area contributed by atoms with Gasteiger partial charge in [0.25, 0.3) is 0 Å². The molecule has 1 aromatic carbocycles. The van der Waals surface area contributed by atoms with Crippen LogP contribution in [-0.2, 0) is 16.0 Å². The molecule has 5 nitrogen and oxygen atoms in total. The molecule has 1 unspecified atom stereocenters.